The first-order chi connectivity index (χ1) is 17.4. The molecule has 2 aliphatic carbocycles. The summed E-state index contributed by atoms with van der Waals surface area (Å²) in [6.07, 6.45) is -3.94. The lowest BCUT2D eigenvalue weighted by molar-refractivity contribution is -0.141. The Labute approximate surface area is 218 Å². The van der Waals surface area contributed by atoms with Gasteiger partial charge in [0.1, 0.15) is 0 Å². The average Bonchev–Trinajstić information content (AvgIpc) is 3.54. The van der Waals surface area contributed by atoms with Gasteiger partial charge in [0.2, 0.25) is 17.7 Å². The molecule has 3 heterocycles. The minimum atomic E-state index is -4.53. The summed E-state index contributed by atoms with van der Waals surface area (Å²) in [6.45, 7) is 4.11. The number of nitrogens with one attached hydrogen (secondary N) is 2. The zero-order valence-corrected chi connectivity index (χ0v) is 21.6. The van der Waals surface area contributed by atoms with Crippen LogP contribution in [-0.4, -0.2) is 39.4 Å². The molecule has 3 amide bonds. The van der Waals surface area contributed by atoms with E-state index in [1.165, 1.54) is 28.4 Å². The molecule has 2 saturated carbocycles. The molecular weight excluding hydrogens is 527 g/mol. The van der Waals surface area contributed by atoms with Crippen molar-refractivity contribution < 1.29 is 27.6 Å². The number of fused-ring (bicyclic) bond motifs is 9. The standard InChI is InChI=1S/C25H24F3N3O4S2/c1-24(2)17-12-9-13(18(17)36-20-19(24)37-23(35)30-20)16-15(12)21(33)31(22(16)34)7-6-14(32)29-11-5-3-4-10(8-11)25(26,27)28/h3-5,8,12-13,15-18H,6-7,9H2,1-2H3,(H,29,32)(H,30,35). The van der Waals surface area contributed by atoms with Crippen LogP contribution >= 0.6 is 23.1 Å². The van der Waals surface area contributed by atoms with Gasteiger partial charge in [-0.15, -0.1) is 11.8 Å². The number of benzene rings is 1. The molecule has 2 N–H and O–H groups in total. The number of hydrogen-bond acceptors (Lipinski definition) is 6. The summed E-state index contributed by atoms with van der Waals surface area (Å²) in [4.78, 5) is 56.3. The van der Waals surface area contributed by atoms with Gasteiger partial charge < -0.3 is 10.3 Å². The number of halogens is 3. The van der Waals surface area contributed by atoms with Crippen LogP contribution in [0.5, 0.6) is 0 Å². The molecule has 3 fully saturated rings. The normalized spacial score (nSPS) is 31.3. The van der Waals surface area contributed by atoms with Crippen molar-refractivity contribution in [1.82, 2.24) is 9.88 Å². The second-order valence-electron chi connectivity index (χ2n) is 10.8. The Hall–Kier alpha value is -2.60. The second-order valence-corrected chi connectivity index (χ2v) is 13.0. The molecule has 1 saturated heterocycles. The fourth-order valence-corrected chi connectivity index (χ4v) is 10.3. The number of carbonyl (C=O) groups is 3. The van der Waals surface area contributed by atoms with Crippen LogP contribution in [0.15, 0.2) is 34.1 Å². The van der Waals surface area contributed by atoms with Gasteiger partial charge in [-0.05, 0) is 42.4 Å². The van der Waals surface area contributed by atoms with E-state index in [-0.39, 0.29) is 63.8 Å². The molecule has 1 aromatic heterocycles. The number of aromatic nitrogens is 1. The minimum Gasteiger partial charge on any atom is -0.326 e. The van der Waals surface area contributed by atoms with Gasteiger partial charge in [-0.25, -0.2) is 0 Å². The number of imide groups is 1. The van der Waals surface area contributed by atoms with E-state index in [4.69, 9.17) is 0 Å². The summed E-state index contributed by atoms with van der Waals surface area (Å²) in [5.74, 6) is -1.77. The van der Waals surface area contributed by atoms with Gasteiger partial charge in [0.15, 0.2) is 0 Å². The molecule has 37 heavy (non-hydrogen) atoms. The number of nitrogens with zero attached hydrogens (tertiary/aromatic N) is 1. The topological polar surface area (TPSA) is 99.3 Å². The summed E-state index contributed by atoms with van der Waals surface area (Å²) in [6, 6.07) is 4.32. The Morgan fingerprint density at radius 2 is 1.86 bits per heavy atom. The Morgan fingerprint density at radius 1 is 1.16 bits per heavy atom. The van der Waals surface area contributed by atoms with Crippen LogP contribution < -0.4 is 10.2 Å². The van der Waals surface area contributed by atoms with Crippen LogP contribution in [0.3, 0.4) is 0 Å². The highest BCUT2D eigenvalue weighted by Crippen LogP contribution is 2.68. The van der Waals surface area contributed by atoms with Crippen LogP contribution in [0.2, 0.25) is 0 Å². The molecule has 0 spiro atoms. The zero-order chi connectivity index (χ0) is 26.4. The Kier molecular flexibility index (Phi) is 5.48. The van der Waals surface area contributed by atoms with Gasteiger partial charge >= 0.3 is 11.0 Å². The van der Waals surface area contributed by atoms with E-state index in [0.717, 1.165) is 28.5 Å². The van der Waals surface area contributed by atoms with E-state index in [0.29, 0.717) is 0 Å². The van der Waals surface area contributed by atoms with Crippen molar-refractivity contribution in [2.24, 2.45) is 29.6 Å². The molecule has 196 valence electrons. The van der Waals surface area contributed by atoms with E-state index in [1.807, 2.05) is 0 Å². The number of aromatic amines is 1. The molecule has 6 rings (SSSR count). The summed E-state index contributed by atoms with van der Waals surface area (Å²) < 4.78 is 38.8. The van der Waals surface area contributed by atoms with Gasteiger partial charge in [0.25, 0.3) is 0 Å². The van der Waals surface area contributed by atoms with Crippen molar-refractivity contribution >= 4 is 46.5 Å². The third-order valence-electron chi connectivity index (χ3n) is 8.52. The molecule has 2 aromatic rings. The Balaban J connectivity index is 1.16. The SMILES string of the molecule is CC1(C)c2sc(=O)[nH]c2SC2C3CC(C4C(=O)N(CCC(=O)Nc5cccc(C(F)(F)F)c5)C(=O)C34)C21. The first-order valence-electron chi connectivity index (χ1n) is 12.1. The maximum Gasteiger partial charge on any atom is 0.416 e. The minimum absolute atomic E-state index is 0.00246. The van der Waals surface area contributed by atoms with Gasteiger partial charge in [-0.3, -0.25) is 24.1 Å². The number of alkyl halides is 3. The number of thiazole rings is 1. The number of thioether (sulfide) groups is 1. The molecule has 7 nitrogen and oxygen atoms in total. The molecule has 0 radical (unpaired) electrons. The third kappa shape index (κ3) is 3.70. The largest absolute Gasteiger partial charge is 0.416 e. The van der Waals surface area contributed by atoms with Crippen LogP contribution in [0.1, 0.15) is 37.1 Å². The fraction of sp³-hybridized carbons (Fsp3) is 0.520. The van der Waals surface area contributed by atoms with Crippen molar-refractivity contribution in [2.75, 3.05) is 11.9 Å². The van der Waals surface area contributed by atoms with E-state index in [1.54, 1.807) is 11.8 Å². The molecule has 12 heteroatoms. The van der Waals surface area contributed by atoms with E-state index in [2.05, 4.69) is 24.1 Å². The lowest BCUT2D eigenvalue weighted by Crippen LogP contribution is -2.48. The van der Waals surface area contributed by atoms with Crippen LogP contribution in [0.25, 0.3) is 0 Å². The first-order valence-corrected chi connectivity index (χ1v) is 13.8. The van der Waals surface area contributed by atoms with E-state index in [9.17, 15) is 32.3 Å². The molecule has 2 aliphatic heterocycles. The van der Waals surface area contributed by atoms with Gasteiger partial charge in [-0.2, -0.15) is 13.2 Å². The van der Waals surface area contributed by atoms with Crippen LogP contribution in [0.4, 0.5) is 18.9 Å². The molecule has 4 aliphatic rings. The second kappa shape index (κ2) is 8.20. The molecular formula is C25H24F3N3O4S2. The van der Waals surface area contributed by atoms with E-state index >= 15 is 0 Å². The number of carbonyl (C=O) groups excluding carboxylic acids is 3. The highest BCUT2D eigenvalue weighted by molar-refractivity contribution is 8.00. The average molecular weight is 552 g/mol. The van der Waals surface area contributed by atoms with Crippen molar-refractivity contribution in [3.8, 4) is 0 Å². The number of anilines is 1. The van der Waals surface area contributed by atoms with Gasteiger partial charge in [-0.1, -0.05) is 31.3 Å². The predicted molar refractivity (Wildman–Crippen MR) is 131 cm³/mol. The monoisotopic (exact) mass is 551 g/mol. The highest BCUT2D eigenvalue weighted by atomic mass is 32.2. The smallest absolute Gasteiger partial charge is 0.326 e. The first kappa shape index (κ1) is 24.7. The van der Waals surface area contributed by atoms with Crippen LogP contribution in [0, 0.1) is 29.6 Å². The summed E-state index contributed by atoms with van der Waals surface area (Å²) in [5, 5.41) is 3.42. The Morgan fingerprint density at radius 3 is 2.57 bits per heavy atom. The maximum absolute atomic E-state index is 13.4. The predicted octanol–water partition coefficient (Wildman–Crippen LogP) is 4.10. The van der Waals surface area contributed by atoms with Gasteiger partial charge in [0, 0.05) is 34.2 Å². The molecule has 2 bridgehead atoms. The number of hydrogen-bond donors (Lipinski definition) is 2. The quantitative estimate of drug-likeness (QED) is 0.558. The molecule has 1 aromatic carbocycles. The molecule has 6 unspecified atom stereocenters. The number of likely N-dealkylation sites (tertiary alicyclic amines) is 1. The number of H-pyrrole nitrogens is 1. The molecule has 6 atom stereocenters. The summed E-state index contributed by atoms with van der Waals surface area (Å²) >= 11 is 2.83. The lowest BCUT2D eigenvalue weighted by Gasteiger charge is -2.47. The maximum atomic E-state index is 13.4. The number of amides is 3. The Bertz CT molecular complexity index is 1380. The number of rotatable bonds is 4. The summed E-state index contributed by atoms with van der Waals surface area (Å²) in [5.41, 5.74) is -1.18. The van der Waals surface area contributed by atoms with Gasteiger partial charge in [0.05, 0.1) is 22.4 Å². The van der Waals surface area contributed by atoms with Crippen molar-refractivity contribution in [1.29, 1.82) is 0 Å². The van der Waals surface area contributed by atoms with Crippen molar-refractivity contribution in [3.05, 3.63) is 44.4 Å². The van der Waals surface area contributed by atoms with Crippen molar-refractivity contribution in [3.63, 3.8) is 0 Å². The van der Waals surface area contributed by atoms with E-state index < -0.39 is 29.5 Å². The fourth-order valence-electron chi connectivity index (χ4n) is 7.15. The summed E-state index contributed by atoms with van der Waals surface area (Å²) in [7, 11) is 0. The van der Waals surface area contributed by atoms with Crippen molar-refractivity contribution in [2.45, 2.75) is 48.6 Å². The highest BCUT2D eigenvalue weighted by Gasteiger charge is 2.70. The lowest BCUT2D eigenvalue weighted by atomic mass is 9.64. The van der Waals surface area contributed by atoms with Crippen LogP contribution in [-0.2, 0) is 26.0 Å². The third-order valence-corrected chi connectivity index (χ3v) is 11.3. The zero-order valence-electron chi connectivity index (χ0n) is 19.9.